The smallest absolute Gasteiger partial charge is 0.130 e. The Morgan fingerprint density at radius 1 is 1.08 bits per heavy atom. The van der Waals surface area contributed by atoms with E-state index in [4.69, 9.17) is 0 Å². The summed E-state index contributed by atoms with van der Waals surface area (Å²) in [6.45, 7) is 1.72. The summed E-state index contributed by atoms with van der Waals surface area (Å²) in [5.41, 5.74) is 0. The van der Waals surface area contributed by atoms with Gasteiger partial charge in [-0.1, -0.05) is 44.9 Å². The lowest BCUT2D eigenvalue weighted by Gasteiger charge is -2.17. The summed E-state index contributed by atoms with van der Waals surface area (Å²) in [5.74, 6) is 1.09. The van der Waals surface area contributed by atoms with Gasteiger partial charge in [-0.15, -0.1) is 0 Å². The molecule has 0 radical (unpaired) electrons. The van der Waals surface area contributed by atoms with Crippen LogP contribution in [-0.2, 0) is 4.79 Å². The molecule has 0 aromatic rings. The second kappa shape index (κ2) is 5.34. The average Bonchev–Trinajstić information content (AvgIpc) is 1.93. The molecule has 1 saturated carbocycles. The van der Waals surface area contributed by atoms with Gasteiger partial charge in [0.25, 0.3) is 0 Å². The van der Waals surface area contributed by atoms with E-state index in [0.717, 1.165) is 6.42 Å². The Kier molecular flexibility index (Phi) is 4.34. The molecule has 0 unspecified atom stereocenters. The number of ketones is 1. The average molecular weight is 168 g/mol. The Hall–Kier alpha value is -0.330. The van der Waals surface area contributed by atoms with Crippen molar-refractivity contribution in [3.05, 3.63) is 0 Å². The van der Waals surface area contributed by atoms with Crippen LogP contribution in [0.5, 0.6) is 0 Å². The van der Waals surface area contributed by atoms with Gasteiger partial charge >= 0.3 is 0 Å². The molecule has 12 heavy (non-hydrogen) atoms. The van der Waals surface area contributed by atoms with Crippen LogP contribution >= 0.6 is 0 Å². The lowest BCUT2D eigenvalue weighted by Crippen LogP contribution is -2.07. The topological polar surface area (TPSA) is 17.1 Å². The molecule has 0 N–H and O–H groups in total. The fourth-order valence-corrected chi connectivity index (χ4v) is 2.15. The maximum atomic E-state index is 10.9. The first kappa shape index (κ1) is 9.76. The molecule has 0 aromatic heterocycles. The Labute approximate surface area is 75.5 Å². The molecule has 1 fully saturated rings. The fraction of sp³-hybridized carbons (Fsp3) is 0.909. The Morgan fingerprint density at radius 3 is 2.08 bits per heavy atom. The lowest BCUT2D eigenvalue weighted by molar-refractivity contribution is -0.118. The summed E-state index contributed by atoms with van der Waals surface area (Å²) in [7, 11) is 0. The first-order valence-electron chi connectivity index (χ1n) is 5.28. The summed E-state index contributed by atoms with van der Waals surface area (Å²) < 4.78 is 0. The van der Waals surface area contributed by atoms with Gasteiger partial charge in [0.15, 0.2) is 0 Å². The van der Waals surface area contributed by atoms with E-state index in [0.29, 0.717) is 11.7 Å². The van der Waals surface area contributed by atoms with E-state index in [1.165, 1.54) is 44.9 Å². The normalized spacial score (nSPS) is 21.4. The SMILES string of the molecule is CC(=O)CC1CCCCCCC1. The van der Waals surface area contributed by atoms with Crippen molar-refractivity contribution in [1.29, 1.82) is 0 Å². The van der Waals surface area contributed by atoms with E-state index in [1.54, 1.807) is 6.92 Å². The molecule has 1 heteroatoms. The summed E-state index contributed by atoms with van der Waals surface area (Å²) in [6, 6.07) is 0. The van der Waals surface area contributed by atoms with Crippen LogP contribution in [0.15, 0.2) is 0 Å². The molecule has 0 spiro atoms. The van der Waals surface area contributed by atoms with Crippen molar-refractivity contribution in [2.75, 3.05) is 0 Å². The van der Waals surface area contributed by atoms with Crippen LogP contribution in [0, 0.1) is 5.92 Å². The Balaban J connectivity index is 2.24. The first-order chi connectivity index (χ1) is 5.79. The van der Waals surface area contributed by atoms with Gasteiger partial charge in [-0.05, 0) is 12.8 Å². The minimum absolute atomic E-state index is 0.376. The number of hydrogen-bond acceptors (Lipinski definition) is 1. The number of carbonyl (C=O) groups is 1. The number of carbonyl (C=O) groups excluding carboxylic acids is 1. The maximum Gasteiger partial charge on any atom is 0.130 e. The van der Waals surface area contributed by atoms with Gasteiger partial charge in [0.05, 0.1) is 0 Å². The van der Waals surface area contributed by atoms with Crippen LogP contribution in [0.4, 0.5) is 0 Å². The van der Waals surface area contributed by atoms with E-state index >= 15 is 0 Å². The number of hydrogen-bond donors (Lipinski definition) is 0. The molecule has 0 aliphatic heterocycles. The van der Waals surface area contributed by atoms with Crippen molar-refractivity contribution in [1.82, 2.24) is 0 Å². The van der Waals surface area contributed by atoms with E-state index in [-0.39, 0.29) is 0 Å². The van der Waals surface area contributed by atoms with Gasteiger partial charge in [-0.25, -0.2) is 0 Å². The zero-order chi connectivity index (χ0) is 8.81. The predicted molar refractivity (Wildman–Crippen MR) is 51.1 cm³/mol. The second-order valence-corrected chi connectivity index (χ2v) is 4.12. The second-order valence-electron chi connectivity index (χ2n) is 4.12. The van der Waals surface area contributed by atoms with E-state index in [9.17, 15) is 4.79 Å². The molecular formula is C11H20O. The van der Waals surface area contributed by atoms with Gasteiger partial charge in [-0.2, -0.15) is 0 Å². The van der Waals surface area contributed by atoms with E-state index in [1.807, 2.05) is 0 Å². The minimum Gasteiger partial charge on any atom is -0.300 e. The zero-order valence-electron chi connectivity index (χ0n) is 8.14. The molecular weight excluding hydrogens is 148 g/mol. The van der Waals surface area contributed by atoms with Gasteiger partial charge < -0.3 is 4.79 Å². The van der Waals surface area contributed by atoms with Crippen molar-refractivity contribution in [3.63, 3.8) is 0 Å². The maximum absolute atomic E-state index is 10.9. The van der Waals surface area contributed by atoms with Gasteiger partial charge in [0, 0.05) is 6.42 Å². The first-order valence-corrected chi connectivity index (χ1v) is 5.28. The summed E-state index contributed by atoms with van der Waals surface area (Å²) in [5, 5.41) is 0. The highest BCUT2D eigenvalue weighted by atomic mass is 16.1. The monoisotopic (exact) mass is 168 g/mol. The highest BCUT2D eigenvalue weighted by Crippen LogP contribution is 2.24. The molecule has 1 rings (SSSR count). The molecule has 0 saturated heterocycles. The molecule has 1 nitrogen and oxygen atoms in total. The van der Waals surface area contributed by atoms with E-state index < -0.39 is 0 Å². The summed E-state index contributed by atoms with van der Waals surface area (Å²) in [6.07, 6.45) is 10.3. The standard InChI is InChI=1S/C11H20O/c1-10(12)9-11-7-5-3-2-4-6-8-11/h11H,2-9H2,1H3. The summed E-state index contributed by atoms with van der Waals surface area (Å²) >= 11 is 0. The molecule has 0 bridgehead atoms. The van der Waals surface area contributed by atoms with Gasteiger partial charge in [0.1, 0.15) is 5.78 Å². The van der Waals surface area contributed by atoms with Gasteiger partial charge in [-0.3, -0.25) is 0 Å². The van der Waals surface area contributed by atoms with Gasteiger partial charge in [0.2, 0.25) is 0 Å². The third kappa shape index (κ3) is 3.89. The molecule has 0 heterocycles. The number of rotatable bonds is 2. The van der Waals surface area contributed by atoms with Crippen LogP contribution in [-0.4, -0.2) is 5.78 Å². The Bertz CT molecular complexity index is 132. The van der Waals surface area contributed by atoms with Crippen molar-refractivity contribution in [3.8, 4) is 0 Å². The molecule has 0 atom stereocenters. The van der Waals surface area contributed by atoms with Crippen molar-refractivity contribution >= 4 is 5.78 Å². The van der Waals surface area contributed by atoms with Crippen LogP contribution in [0.2, 0.25) is 0 Å². The molecule has 1 aliphatic carbocycles. The van der Waals surface area contributed by atoms with Crippen LogP contribution in [0.1, 0.15) is 58.3 Å². The van der Waals surface area contributed by atoms with Crippen molar-refractivity contribution in [2.45, 2.75) is 58.3 Å². The van der Waals surface area contributed by atoms with Crippen molar-refractivity contribution < 1.29 is 4.79 Å². The number of Topliss-reactive ketones (excluding diaryl/α,β-unsaturated/α-hetero) is 1. The van der Waals surface area contributed by atoms with Crippen LogP contribution in [0.25, 0.3) is 0 Å². The predicted octanol–water partition coefficient (Wildman–Crippen LogP) is 3.33. The third-order valence-electron chi connectivity index (χ3n) is 2.80. The fourth-order valence-electron chi connectivity index (χ4n) is 2.15. The highest BCUT2D eigenvalue weighted by Gasteiger charge is 2.12. The molecule has 0 aromatic carbocycles. The van der Waals surface area contributed by atoms with E-state index in [2.05, 4.69) is 0 Å². The molecule has 1 aliphatic rings. The largest absolute Gasteiger partial charge is 0.300 e. The lowest BCUT2D eigenvalue weighted by atomic mass is 9.88. The van der Waals surface area contributed by atoms with Crippen LogP contribution in [0.3, 0.4) is 0 Å². The van der Waals surface area contributed by atoms with Crippen LogP contribution < -0.4 is 0 Å². The Morgan fingerprint density at radius 2 is 1.58 bits per heavy atom. The minimum atomic E-state index is 0.376. The third-order valence-corrected chi connectivity index (χ3v) is 2.80. The zero-order valence-corrected chi connectivity index (χ0v) is 8.14. The summed E-state index contributed by atoms with van der Waals surface area (Å²) in [4.78, 5) is 10.9. The molecule has 70 valence electrons. The molecule has 0 amide bonds. The highest BCUT2D eigenvalue weighted by molar-refractivity contribution is 5.75. The van der Waals surface area contributed by atoms with Crippen molar-refractivity contribution in [2.24, 2.45) is 5.92 Å². The quantitative estimate of drug-likeness (QED) is 0.618.